The van der Waals surface area contributed by atoms with Gasteiger partial charge in [0, 0.05) is 12.1 Å². The Balaban J connectivity index is 2.27. The van der Waals surface area contributed by atoms with Crippen molar-refractivity contribution in [3.8, 4) is 0 Å². The van der Waals surface area contributed by atoms with Gasteiger partial charge >= 0.3 is 0 Å². The third-order valence-electron chi connectivity index (χ3n) is 3.14. The van der Waals surface area contributed by atoms with E-state index in [1.54, 1.807) is 18.2 Å². The molecule has 0 atom stereocenters. The van der Waals surface area contributed by atoms with Gasteiger partial charge in [0.2, 0.25) is 0 Å². The zero-order chi connectivity index (χ0) is 13.3. The van der Waals surface area contributed by atoms with E-state index in [2.05, 4.69) is 0 Å². The van der Waals surface area contributed by atoms with Gasteiger partial charge < -0.3 is 15.4 Å². The topological polar surface area (TPSA) is 55.6 Å². The molecule has 0 bridgehead atoms. The van der Waals surface area contributed by atoms with Crippen LogP contribution in [0.5, 0.6) is 0 Å². The molecule has 2 N–H and O–H groups in total. The SMILES string of the molecule is CC1(C)COCCN1C(=O)c1ccc(N)c(Cl)c1. The molecule has 0 unspecified atom stereocenters. The fourth-order valence-corrected chi connectivity index (χ4v) is 2.23. The van der Waals surface area contributed by atoms with Gasteiger partial charge in [0.1, 0.15) is 0 Å². The number of carbonyl (C=O) groups is 1. The monoisotopic (exact) mass is 268 g/mol. The van der Waals surface area contributed by atoms with Gasteiger partial charge in [0.05, 0.1) is 29.5 Å². The zero-order valence-corrected chi connectivity index (χ0v) is 11.3. The fourth-order valence-electron chi connectivity index (χ4n) is 2.05. The number of hydrogen-bond donors (Lipinski definition) is 1. The van der Waals surface area contributed by atoms with Crippen LogP contribution in [0, 0.1) is 0 Å². The van der Waals surface area contributed by atoms with Crippen molar-refractivity contribution in [3.63, 3.8) is 0 Å². The molecule has 0 radical (unpaired) electrons. The number of amides is 1. The summed E-state index contributed by atoms with van der Waals surface area (Å²) in [6.07, 6.45) is 0. The van der Waals surface area contributed by atoms with E-state index in [1.807, 2.05) is 18.7 Å². The number of nitrogens with zero attached hydrogens (tertiary/aromatic N) is 1. The van der Waals surface area contributed by atoms with E-state index in [0.29, 0.717) is 36.0 Å². The molecule has 1 fully saturated rings. The van der Waals surface area contributed by atoms with Crippen molar-refractivity contribution in [3.05, 3.63) is 28.8 Å². The first-order valence-electron chi connectivity index (χ1n) is 5.86. The van der Waals surface area contributed by atoms with Crippen molar-refractivity contribution in [1.29, 1.82) is 0 Å². The molecule has 1 amide bonds. The number of hydrogen-bond acceptors (Lipinski definition) is 3. The van der Waals surface area contributed by atoms with Crippen LogP contribution in [0.15, 0.2) is 18.2 Å². The van der Waals surface area contributed by atoms with Crippen molar-refractivity contribution in [1.82, 2.24) is 4.90 Å². The molecule has 1 aromatic carbocycles. The molecule has 2 rings (SSSR count). The number of morpholine rings is 1. The average Bonchev–Trinajstić information content (AvgIpc) is 2.31. The minimum absolute atomic E-state index is 0.0369. The van der Waals surface area contributed by atoms with Gasteiger partial charge in [-0.25, -0.2) is 0 Å². The van der Waals surface area contributed by atoms with E-state index in [4.69, 9.17) is 22.1 Å². The van der Waals surface area contributed by atoms with Crippen LogP contribution in [0.25, 0.3) is 0 Å². The van der Waals surface area contributed by atoms with Gasteiger partial charge in [0.25, 0.3) is 5.91 Å². The van der Waals surface area contributed by atoms with Crippen molar-refractivity contribution in [2.24, 2.45) is 0 Å². The third-order valence-corrected chi connectivity index (χ3v) is 3.47. The second-order valence-corrected chi connectivity index (χ2v) is 5.47. The molecule has 0 saturated carbocycles. The number of halogens is 1. The Hall–Kier alpha value is -1.26. The Kier molecular flexibility index (Phi) is 3.50. The lowest BCUT2D eigenvalue weighted by Crippen LogP contribution is -2.55. The van der Waals surface area contributed by atoms with Crippen LogP contribution in [0.4, 0.5) is 5.69 Å². The summed E-state index contributed by atoms with van der Waals surface area (Å²) in [7, 11) is 0. The summed E-state index contributed by atoms with van der Waals surface area (Å²) in [6.45, 7) is 5.68. The van der Waals surface area contributed by atoms with Crippen LogP contribution in [0.1, 0.15) is 24.2 Å². The minimum Gasteiger partial charge on any atom is -0.398 e. The molecule has 0 spiro atoms. The summed E-state index contributed by atoms with van der Waals surface area (Å²) in [6, 6.07) is 4.98. The lowest BCUT2D eigenvalue weighted by atomic mass is 10.0. The third kappa shape index (κ3) is 2.44. The highest BCUT2D eigenvalue weighted by Crippen LogP contribution is 2.25. The summed E-state index contributed by atoms with van der Waals surface area (Å²) in [5, 5.41) is 0.409. The smallest absolute Gasteiger partial charge is 0.254 e. The number of carbonyl (C=O) groups excluding carboxylic acids is 1. The van der Waals surface area contributed by atoms with Crippen molar-refractivity contribution in [2.45, 2.75) is 19.4 Å². The Morgan fingerprint density at radius 1 is 1.50 bits per heavy atom. The lowest BCUT2D eigenvalue weighted by molar-refractivity contribution is -0.0370. The summed E-state index contributed by atoms with van der Waals surface area (Å²) in [5.74, 6) is -0.0369. The normalized spacial score (nSPS) is 18.7. The number of nitrogens with two attached hydrogens (primary N) is 1. The summed E-state index contributed by atoms with van der Waals surface area (Å²) < 4.78 is 5.40. The van der Waals surface area contributed by atoms with E-state index in [9.17, 15) is 4.79 Å². The van der Waals surface area contributed by atoms with Crippen molar-refractivity contribution in [2.75, 3.05) is 25.5 Å². The highest BCUT2D eigenvalue weighted by molar-refractivity contribution is 6.33. The molecule has 0 aliphatic carbocycles. The van der Waals surface area contributed by atoms with Gasteiger partial charge in [-0.05, 0) is 32.0 Å². The van der Waals surface area contributed by atoms with E-state index in [-0.39, 0.29) is 11.4 Å². The molecular weight excluding hydrogens is 252 g/mol. The molecule has 1 aliphatic rings. The summed E-state index contributed by atoms with van der Waals surface area (Å²) in [4.78, 5) is 14.3. The molecule has 5 heteroatoms. The maximum absolute atomic E-state index is 12.4. The Morgan fingerprint density at radius 2 is 2.22 bits per heavy atom. The van der Waals surface area contributed by atoms with Crippen LogP contribution in [-0.4, -0.2) is 36.1 Å². The molecule has 4 nitrogen and oxygen atoms in total. The van der Waals surface area contributed by atoms with Crippen molar-refractivity contribution >= 4 is 23.2 Å². The first-order valence-corrected chi connectivity index (χ1v) is 6.24. The van der Waals surface area contributed by atoms with E-state index < -0.39 is 0 Å². The zero-order valence-electron chi connectivity index (χ0n) is 10.6. The maximum Gasteiger partial charge on any atom is 0.254 e. The quantitative estimate of drug-likeness (QED) is 0.794. The highest BCUT2D eigenvalue weighted by Gasteiger charge is 2.34. The number of ether oxygens (including phenoxy) is 1. The second kappa shape index (κ2) is 4.78. The lowest BCUT2D eigenvalue weighted by Gasteiger charge is -2.42. The van der Waals surface area contributed by atoms with E-state index in [1.165, 1.54) is 0 Å². The van der Waals surface area contributed by atoms with Gasteiger partial charge in [0.15, 0.2) is 0 Å². The van der Waals surface area contributed by atoms with Gasteiger partial charge in [-0.1, -0.05) is 11.6 Å². The molecule has 1 heterocycles. The van der Waals surface area contributed by atoms with Crippen LogP contribution in [-0.2, 0) is 4.74 Å². The molecular formula is C13H17ClN2O2. The summed E-state index contributed by atoms with van der Waals surface area (Å²) >= 11 is 5.95. The first kappa shape index (κ1) is 13.2. The Labute approximate surface area is 112 Å². The van der Waals surface area contributed by atoms with E-state index >= 15 is 0 Å². The standard InChI is InChI=1S/C13H17ClN2O2/c1-13(2)8-18-6-5-16(13)12(17)9-3-4-11(15)10(14)7-9/h3-4,7H,5-6,8,15H2,1-2H3. The Bertz CT molecular complexity index is 474. The maximum atomic E-state index is 12.4. The number of nitrogen functional groups attached to an aromatic ring is 1. The highest BCUT2D eigenvalue weighted by atomic mass is 35.5. The Morgan fingerprint density at radius 3 is 2.83 bits per heavy atom. The average molecular weight is 269 g/mol. The number of anilines is 1. The van der Waals surface area contributed by atoms with Gasteiger partial charge in [-0.2, -0.15) is 0 Å². The fraction of sp³-hybridized carbons (Fsp3) is 0.462. The largest absolute Gasteiger partial charge is 0.398 e. The van der Waals surface area contributed by atoms with E-state index in [0.717, 1.165) is 0 Å². The van der Waals surface area contributed by atoms with Gasteiger partial charge in [-0.15, -0.1) is 0 Å². The predicted molar refractivity (Wildman–Crippen MR) is 71.8 cm³/mol. The van der Waals surface area contributed by atoms with Crippen LogP contribution in [0.2, 0.25) is 5.02 Å². The molecule has 1 aromatic rings. The van der Waals surface area contributed by atoms with Crippen LogP contribution >= 0.6 is 11.6 Å². The predicted octanol–water partition coefficient (Wildman–Crippen LogP) is 2.17. The first-order chi connectivity index (χ1) is 8.42. The van der Waals surface area contributed by atoms with Crippen LogP contribution < -0.4 is 5.73 Å². The van der Waals surface area contributed by atoms with Crippen LogP contribution in [0.3, 0.4) is 0 Å². The number of rotatable bonds is 1. The van der Waals surface area contributed by atoms with Crippen molar-refractivity contribution < 1.29 is 9.53 Å². The molecule has 1 aliphatic heterocycles. The second-order valence-electron chi connectivity index (χ2n) is 5.06. The minimum atomic E-state index is -0.302. The van der Waals surface area contributed by atoms with Gasteiger partial charge in [-0.3, -0.25) is 4.79 Å². The number of benzene rings is 1. The molecule has 18 heavy (non-hydrogen) atoms. The molecule has 1 saturated heterocycles. The summed E-state index contributed by atoms with van der Waals surface area (Å²) in [5.41, 5.74) is 6.38. The molecule has 0 aromatic heterocycles. The molecule has 98 valence electrons.